The van der Waals surface area contributed by atoms with E-state index in [1.54, 1.807) is 50.8 Å². The van der Waals surface area contributed by atoms with Crippen molar-refractivity contribution in [2.75, 3.05) is 27.4 Å². The van der Waals surface area contributed by atoms with Crippen LogP contribution >= 0.6 is 11.3 Å². The van der Waals surface area contributed by atoms with Gasteiger partial charge in [-0.3, -0.25) is 9.36 Å². The van der Waals surface area contributed by atoms with Crippen LogP contribution < -0.4 is 33.8 Å². The minimum Gasteiger partial charge on any atom is -0.493 e. The lowest BCUT2D eigenvalue weighted by molar-refractivity contribution is -0.139. The number of aromatic nitrogens is 1. The maximum Gasteiger partial charge on any atom is 0.338 e. The van der Waals surface area contributed by atoms with Crippen LogP contribution in [0.5, 0.6) is 23.0 Å². The molecule has 2 heterocycles. The number of rotatable bonds is 11. The molecule has 10 heteroatoms. The number of esters is 1. The zero-order chi connectivity index (χ0) is 29.7. The molecule has 0 amide bonds. The van der Waals surface area contributed by atoms with Crippen molar-refractivity contribution in [3.05, 3.63) is 78.5 Å². The van der Waals surface area contributed by atoms with Crippen molar-refractivity contribution in [1.29, 1.82) is 0 Å². The fourth-order valence-electron chi connectivity index (χ4n) is 4.57. The van der Waals surface area contributed by atoms with Gasteiger partial charge in [0.2, 0.25) is 0 Å². The number of hydrogen-bond acceptors (Lipinski definition) is 9. The van der Waals surface area contributed by atoms with Crippen molar-refractivity contribution >= 4 is 23.4 Å². The Balaban J connectivity index is 1.89. The number of allylic oxidation sites excluding steroid dienone is 1. The summed E-state index contributed by atoms with van der Waals surface area (Å²) in [7, 11) is 3.13. The van der Waals surface area contributed by atoms with Crippen LogP contribution in [-0.4, -0.2) is 44.1 Å². The van der Waals surface area contributed by atoms with Gasteiger partial charge < -0.3 is 23.7 Å². The third-order valence-electron chi connectivity index (χ3n) is 6.33. The normalized spacial score (nSPS) is 14.9. The van der Waals surface area contributed by atoms with Crippen molar-refractivity contribution in [2.45, 2.75) is 53.2 Å². The summed E-state index contributed by atoms with van der Waals surface area (Å²) in [5.74, 6) is 1.75. The molecule has 1 aliphatic rings. The number of methoxy groups -OCH3 is 2. The summed E-state index contributed by atoms with van der Waals surface area (Å²) in [6.07, 6.45) is 2.60. The third kappa shape index (κ3) is 6.32. The second-order valence-electron chi connectivity index (χ2n) is 9.64. The molecule has 0 bridgehead atoms. The summed E-state index contributed by atoms with van der Waals surface area (Å²) in [5.41, 5.74) is 1.94. The van der Waals surface area contributed by atoms with Crippen LogP contribution in [0.2, 0.25) is 0 Å². The molecular formula is C31H36N2O7S. The van der Waals surface area contributed by atoms with E-state index >= 15 is 0 Å². The van der Waals surface area contributed by atoms with E-state index in [0.29, 0.717) is 55.8 Å². The molecule has 3 aromatic rings. The van der Waals surface area contributed by atoms with Gasteiger partial charge in [-0.2, -0.15) is 0 Å². The number of carbonyl (C=O) groups is 1. The molecule has 1 atom stereocenters. The lowest BCUT2D eigenvalue weighted by Crippen LogP contribution is -2.40. The van der Waals surface area contributed by atoms with Gasteiger partial charge in [-0.1, -0.05) is 30.4 Å². The van der Waals surface area contributed by atoms with Gasteiger partial charge in [-0.25, -0.2) is 9.79 Å². The Bertz CT molecular complexity index is 1630. The number of hydrogen-bond donors (Lipinski definition) is 0. The lowest BCUT2D eigenvalue weighted by atomic mass is 9.95. The van der Waals surface area contributed by atoms with Crippen LogP contribution in [-0.2, 0) is 9.53 Å². The predicted molar refractivity (Wildman–Crippen MR) is 158 cm³/mol. The van der Waals surface area contributed by atoms with Gasteiger partial charge in [0, 0.05) is 0 Å². The highest BCUT2D eigenvalue weighted by Gasteiger charge is 2.34. The Hall–Kier alpha value is -4.05. The molecule has 0 fully saturated rings. The van der Waals surface area contributed by atoms with Crippen molar-refractivity contribution in [1.82, 2.24) is 4.57 Å². The summed E-state index contributed by atoms with van der Waals surface area (Å²) in [4.78, 5) is 32.3. The number of thiazole rings is 1. The number of ether oxygens (including phenoxy) is 5. The molecule has 218 valence electrons. The summed E-state index contributed by atoms with van der Waals surface area (Å²) >= 11 is 1.25. The molecule has 0 spiro atoms. The molecule has 0 unspecified atom stereocenters. The summed E-state index contributed by atoms with van der Waals surface area (Å²) < 4.78 is 30.2. The molecule has 41 heavy (non-hydrogen) atoms. The number of benzene rings is 2. The molecule has 1 aromatic heterocycles. The molecule has 0 aliphatic carbocycles. The van der Waals surface area contributed by atoms with Gasteiger partial charge in [-0.05, 0) is 75.6 Å². The van der Waals surface area contributed by atoms with E-state index in [4.69, 9.17) is 23.7 Å². The van der Waals surface area contributed by atoms with E-state index in [2.05, 4.69) is 4.99 Å². The highest BCUT2D eigenvalue weighted by molar-refractivity contribution is 7.07. The summed E-state index contributed by atoms with van der Waals surface area (Å²) in [6.45, 7) is 10.2. The quantitative estimate of drug-likeness (QED) is 0.310. The first-order valence-corrected chi connectivity index (χ1v) is 14.4. The lowest BCUT2D eigenvalue weighted by Gasteiger charge is -2.25. The third-order valence-corrected chi connectivity index (χ3v) is 7.31. The molecule has 0 N–H and O–H groups in total. The second kappa shape index (κ2) is 13.1. The Kier molecular flexibility index (Phi) is 9.54. The fourth-order valence-corrected chi connectivity index (χ4v) is 5.62. The predicted octanol–water partition coefficient (Wildman–Crippen LogP) is 4.39. The molecular weight excluding hydrogens is 544 g/mol. The van der Waals surface area contributed by atoms with E-state index in [1.165, 1.54) is 11.3 Å². The zero-order valence-corrected chi connectivity index (χ0v) is 25.3. The molecule has 0 radical (unpaired) electrons. The van der Waals surface area contributed by atoms with Crippen LogP contribution in [0.3, 0.4) is 0 Å². The standard InChI is InChI=1S/C31H36N2O7S/c1-8-14-39-22-12-10-20(15-24(22)36-6)16-26-29(34)33-28(21-11-13-23(40-18(3)4)25(17-21)37-7)27(30(35)38-9-2)19(5)32-31(33)41-26/h10-13,15-18,28H,8-9,14H2,1-7H3/b26-16-/t28-/m1/s1. The fraction of sp³-hybridized carbons (Fsp3) is 0.387. The molecule has 2 aromatic carbocycles. The maximum absolute atomic E-state index is 14.0. The van der Waals surface area contributed by atoms with Gasteiger partial charge in [-0.15, -0.1) is 0 Å². The van der Waals surface area contributed by atoms with Crippen molar-refractivity contribution in [2.24, 2.45) is 4.99 Å². The van der Waals surface area contributed by atoms with E-state index < -0.39 is 12.0 Å². The Labute approximate surface area is 243 Å². The van der Waals surface area contributed by atoms with Crippen LogP contribution in [0.1, 0.15) is 58.2 Å². The van der Waals surface area contributed by atoms with Crippen LogP contribution in [0.4, 0.5) is 0 Å². The first-order chi connectivity index (χ1) is 19.7. The van der Waals surface area contributed by atoms with Gasteiger partial charge in [0.05, 0.1) is 55.4 Å². The maximum atomic E-state index is 14.0. The molecule has 0 saturated carbocycles. The molecule has 1 aliphatic heterocycles. The van der Waals surface area contributed by atoms with Crippen LogP contribution in [0.25, 0.3) is 6.08 Å². The molecule has 9 nitrogen and oxygen atoms in total. The van der Waals surface area contributed by atoms with Gasteiger partial charge >= 0.3 is 5.97 Å². The minimum atomic E-state index is -0.770. The Morgan fingerprint density at radius 1 is 1.05 bits per heavy atom. The number of fused-ring (bicyclic) bond motifs is 1. The van der Waals surface area contributed by atoms with Gasteiger partial charge in [0.25, 0.3) is 5.56 Å². The van der Waals surface area contributed by atoms with Crippen LogP contribution in [0, 0.1) is 0 Å². The van der Waals surface area contributed by atoms with Gasteiger partial charge in [0.1, 0.15) is 0 Å². The Morgan fingerprint density at radius 2 is 1.76 bits per heavy atom. The topological polar surface area (TPSA) is 97.6 Å². The van der Waals surface area contributed by atoms with Crippen molar-refractivity contribution in [3.8, 4) is 23.0 Å². The summed E-state index contributed by atoms with van der Waals surface area (Å²) in [6, 6.07) is 10.2. The van der Waals surface area contributed by atoms with E-state index in [9.17, 15) is 9.59 Å². The van der Waals surface area contributed by atoms with Crippen molar-refractivity contribution in [3.63, 3.8) is 0 Å². The SMILES string of the molecule is CCCOc1ccc(/C=c2\sc3n(c2=O)[C@H](c2ccc(OC(C)C)c(OC)c2)C(C(=O)OCC)=C(C)N=3)cc1OC. The average molecular weight is 581 g/mol. The molecule has 4 rings (SSSR count). The Morgan fingerprint density at radius 3 is 2.41 bits per heavy atom. The first-order valence-electron chi connectivity index (χ1n) is 13.6. The highest BCUT2D eigenvalue weighted by Crippen LogP contribution is 2.36. The smallest absolute Gasteiger partial charge is 0.338 e. The number of carbonyl (C=O) groups excluding carboxylic acids is 1. The zero-order valence-electron chi connectivity index (χ0n) is 24.5. The van der Waals surface area contributed by atoms with E-state index in [-0.39, 0.29) is 18.3 Å². The first kappa shape index (κ1) is 29.9. The number of nitrogens with zero attached hydrogens (tertiary/aromatic N) is 2. The second-order valence-corrected chi connectivity index (χ2v) is 10.6. The van der Waals surface area contributed by atoms with Crippen LogP contribution in [0.15, 0.2) is 57.5 Å². The van der Waals surface area contributed by atoms with E-state index in [1.807, 2.05) is 45.0 Å². The minimum absolute atomic E-state index is 0.0597. The average Bonchev–Trinajstić information content (AvgIpc) is 3.25. The van der Waals surface area contributed by atoms with Gasteiger partial charge in [0.15, 0.2) is 27.8 Å². The van der Waals surface area contributed by atoms with E-state index in [0.717, 1.165) is 12.0 Å². The largest absolute Gasteiger partial charge is 0.493 e. The summed E-state index contributed by atoms with van der Waals surface area (Å²) in [5, 5.41) is 0. The molecule has 0 saturated heterocycles. The monoisotopic (exact) mass is 580 g/mol. The van der Waals surface area contributed by atoms with Crippen molar-refractivity contribution < 1.29 is 28.5 Å². The highest BCUT2D eigenvalue weighted by atomic mass is 32.1.